The molecule has 8 heteroatoms. The van der Waals surface area contributed by atoms with Crippen molar-refractivity contribution in [2.45, 2.75) is 44.3 Å². The lowest BCUT2D eigenvalue weighted by molar-refractivity contribution is -0.145. The van der Waals surface area contributed by atoms with E-state index in [1.165, 1.54) is 4.90 Å². The first-order chi connectivity index (χ1) is 12.8. The number of hydrogen-bond acceptors (Lipinski definition) is 5. The molecule has 142 valence electrons. The predicted octanol–water partition coefficient (Wildman–Crippen LogP) is 0.0809. The van der Waals surface area contributed by atoms with Crippen LogP contribution in [0, 0.1) is 11.8 Å². The van der Waals surface area contributed by atoms with Gasteiger partial charge in [0.2, 0.25) is 23.6 Å². The average molecular weight is 370 g/mol. The lowest BCUT2D eigenvalue weighted by Crippen LogP contribution is -2.54. The van der Waals surface area contributed by atoms with Gasteiger partial charge in [-0.3, -0.25) is 29.4 Å². The van der Waals surface area contributed by atoms with E-state index in [2.05, 4.69) is 10.6 Å². The third-order valence-electron chi connectivity index (χ3n) is 6.11. The van der Waals surface area contributed by atoms with Gasteiger partial charge in [0.15, 0.2) is 0 Å². The lowest BCUT2D eigenvalue weighted by atomic mass is 9.76. The van der Waals surface area contributed by atoms with Gasteiger partial charge in [-0.05, 0) is 19.4 Å². The van der Waals surface area contributed by atoms with Crippen molar-refractivity contribution in [2.75, 3.05) is 5.32 Å². The van der Waals surface area contributed by atoms with Crippen molar-refractivity contribution in [3.05, 3.63) is 29.8 Å². The number of rotatable bonds is 4. The summed E-state index contributed by atoms with van der Waals surface area (Å²) in [5.74, 6) is -3.37. The van der Waals surface area contributed by atoms with Crippen LogP contribution in [0.15, 0.2) is 24.3 Å². The molecule has 1 aromatic carbocycles. The highest BCUT2D eigenvalue weighted by atomic mass is 16.2. The van der Waals surface area contributed by atoms with E-state index in [0.717, 1.165) is 0 Å². The SMILES string of the molecule is CCC(C)N1C(=O)[C@@H]2C(CC(N)=O)NC3(C(=O)Nc4ccccc43)[C@@H]2C1=O. The van der Waals surface area contributed by atoms with Gasteiger partial charge < -0.3 is 11.1 Å². The Morgan fingerprint density at radius 3 is 2.63 bits per heavy atom. The normalized spacial score (nSPS) is 32.6. The second-order valence-electron chi connectivity index (χ2n) is 7.54. The minimum Gasteiger partial charge on any atom is -0.370 e. The first-order valence-electron chi connectivity index (χ1n) is 9.16. The molecule has 3 aliphatic rings. The van der Waals surface area contributed by atoms with Gasteiger partial charge in [-0.1, -0.05) is 25.1 Å². The van der Waals surface area contributed by atoms with E-state index in [-0.39, 0.29) is 30.2 Å². The number of fused-ring (bicyclic) bond motifs is 4. The van der Waals surface area contributed by atoms with E-state index >= 15 is 0 Å². The topological polar surface area (TPSA) is 122 Å². The molecule has 4 rings (SSSR count). The molecule has 3 heterocycles. The first-order valence-corrected chi connectivity index (χ1v) is 9.16. The molecule has 5 atom stereocenters. The van der Waals surface area contributed by atoms with Crippen molar-refractivity contribution >= 4 is 29.3 Å². The summed E-state index contributed by atoms with van der Waals surface area (Å²) in [5.41, 5.74) is 5.25. The predicted molar refractivity (Wildman–Crippen MR) is 96.1 cm³/mol. The summed E-state index contributed by atoms with van der Waals surface area (Å²) in [6.07, 6.45) is 0.492. The number of para-hydroxylation sites is 1. The minimum absolute atomic E-state index is 0.119. The van der Waals surface area contributed by atoms with Crippen molar-refractivity contribution in [1.29, 1.82) is 0 Å². The standard InChI is InChI=1S/C19H22N4O4/c1-3-9(2)23-16(25)14-12(8-13(20)24)22-19(15(14)17(23)26)10-6-4-5-7-11(10)21-18(19)27/h4-7,9,12,14-15,22H,3,8H2,1-2H3,(H2,20,24)(H,21,27)/t9?,12?,14-,15+,19?/m1/s1. The Labute approximate surface area is 156 Å². The molecule has 8 nitrogen and oxygen atoms in total. The highest BCUT2D eigenvalue weighted by Gasteiger charge is 2.70. The van der Waals surface area contributed by atoms with E-state index in [1.54, 1.807) is 24.3 Å². The van der Waals surface area contributed by atoms with Gasteiger partial charge in [-0.25, -0.2) is 0 Å². The number of amides is 4. The van der Waals surface area contributed by atoms with Crippen LogP contribution in [0.1, 0.15) is 32.3 Å². The summed E-state index contributed by atoms with van der Waals surface area (Å²) >= 11 is 0. The van der Waals surface area contributed by atoms with Crippen molar-refractivity contribution < 1.29 is 19.2 Å². The van der Waals surface area contributed by atoms with Gasteiger partial charge in [0.1, 0.15) is 5.54 Å². The van der Waals surface area contributed by atoms with Crippen LogP contribution in [-0.2, 0) is 24.7 Å². The fourth-order valence-corrected chi connectivity index (χ4v) is 4.79. The summed E-state index contributed by atoms with van der Waals surface area (Å²) in [6, 6.07) is 6.16. The van der Waals surface area contributed by atoms with Gasteiger partial charge in [0.25, 0.3) is 0 Å². The molecule has 0 radical (unpaired) electrons. The van der Waals surface area contributed by atoms with Gasteiger partial charge in [0, 0.05) is 29.8 Å². The minimum atomic E-state index is -1.36. The van der Waals surface area contributed by atoms with Crippen molar-refractivity contribution in [3.8, 4) is 0 Å². The molecule has 3 aliphatic heterocycles. The van der Waals surface area contributed by atoms with Gasteiger partial charge in [0.05, 0.1) is 11.8 Å². The molecule has 3 unspecified atom stereocenters. The van der Waals surface area contributed by atoms with E-state index < -0.39 is 29.3 Å². The number of hydrogen-bond donors (Lipinski definition) is 3. The summed E-state index contributed by atoms with van der Waals surface area (Å²) in [6.45, 7) is 3.70. The van der Waals surface area contributed by atoms with Crippen LogP contribution in [0.4, 0.5) is 5.69 Å². The molecule has 2 fully saturated rings. The van der Waals surface area contributed by atoms with E-state index in [9.17, 15) is 19.2 Å². The Morgan fingerprint density at radius 1 is 1.26 bits per heavy atom. The van der Waals surface area contributed by atoms with Gasteiger partial charge in [-0.15, -0.1) is 0 Å². The van der Waals surface area contributed by atoms with E-state index in [0.29, 0.717) is 17.7 Å². The lowest BCUT2D eigenvalue weighted by Gasteiger charge is -2.30. The molecule has 0 saturated carbocycles. The summed E-state index contributed by atoms with van der Waals surface area (Å²) in [5, 5.41) is 5.97. The van der Waals surface area contributed by atoms with Gasteiger partial charge in [-0.2, -0.15) is 0 Å². The monoisotopic (exact) mass is 370 g/mol. The number of nitrogens with two attached hydrogens (primary N) is 1. The quantitative estimate of drug-likeness (QED) is 0.648. The fourth-order valence-electron chi connectivity index (χ4n) is 4.79. The average Bonchev–Trinajstić information content (AvgIpc) is 3.19. The number of imide groups is 1. The van der Waals surface area contributed by atoms with E-state index in [4.69, 9.17) is 5.73 Å². The second-order valence-corrected chi connectivity index (χ2v) is 7.54. The summed E-state index contributed by atoms with van der Waals surface area (Å²) in [7, 11) is 0. The molecule has 4 amide bonds. The molecule has 0 aromatic heterocycles. The number of anilines is 1. The van der Waals surface area contributed by atoms with Crippen molar-refractivity contribution in [2.24, 2.45) is 17.6 Å². The number of benzene rings is 1. The maximum atomic E-state index is 13.3. The van der Waals surface area contributed by atoms with Crippen LogP contribution in [0.5, 0.6) is 0 Å². The maximum Gasteiger partial charge on any atom is 0.250 e. The zero-order valence-electron chi connectivity index (χ0n) is 15.2. The Hall–Kier alpha value is -2.74. The fraction of sp³-hybridized carbons (Fsp3) is 0.474. The van der Waals surface area contributed by atoms with Crippen LogP contribution in [0.2, 0.25) is 0 Å². The zero-order valence-corrected chi connectivity index (χ0v) is 15.2. The molecular weight excluding hydrogens is 348 g/mol. The number of nitrogens with zero attached hydrogens (tertiary/aromatic N) is 1. The zero-order chi connectivity index (χ0) is 19.5. The molecular formula is C19H22N4O4. The van der Waals surface area contributed by atoms with Crippen molar-refractivity contribution in [3.63, 3.8) is 0 Å². The highest BCUT2D eigenvalue weighted by Crippen LogP contribution is 2.53. The first kappa shape index (κ1) is 17.7. The number of primary amides is 1. The number of nitrogens with one attached hydrogen (secondary N) is 2. The van der Waals surface area contributed by atoms with Crippen LogP contribution in [0.3, 0.4) is 0 Å². The third-order valence-corrected chi connectivity index (χ3v) is 6.11. The largest absolute Gasteiger partial charge is 0.370 e. The smallest absolute Gasteiger partial charge is 0.250 e. The summed E-state index contributed by atoms with van der Waals surface area (Å²) in [4.78, 5) is 52.4. The van der Waals surface area contributed by atoms with Crippen LogP contribution in [-0.4, -0.2) is 40.6 Å². The van der Waals surface area contributed by atoms with E-state index in [1.807, 2.05) is 13.8 Å². The molecule has 2 saturated heterocycles. The number of carbonyl (C=O) groups excluding carboxylic acids is 4. The molecule has 0 aliphatic carbocycles. The molecule has 0 bridgehead atoms. The molecule has 27 heavy (non-hydrogen) atoms. The Kier molecular flexibility index (Phi) is 3.85. The third kappa shape index (κ3) is 2.19. The molecule has 1 spiro atoms. The van der Waals surface area contributed by atoms with Crippen LogP contribution < -0.4 is 16.4 Å². The number of likely N-dealkylation sites (tertiary alicyclic amines) is 1. The Bertz CT molecular complexity index is 869. The Morgan fingerprint density at radius 2 is 1.96 bits per heavy atom. The summed E-state index contributed by atoms with van der Waals surface area (Å²) < 4.78 is 0. The molecule has 4 N–H and O–H groups in total. The van der Waals surface area contributed by atoms with Gasteiger partial charge >= 0.3 is 0 Å². The van der Waals surface area contributed by atoms with Crippen molar-refractivity contribution in [1.82, 2.24) is 10.2 Å². The second kappa shape index (κ2) is 5.88. The maximum absolute atomic E-state index is 13.3. The molecule has 1 aromatic rings. The van der Waals surface area contributed by atoms with Crippen LogP contribution in [0.25, 0.3) is 0 Å². The van der Waals surface area contributed by atoms with Crippen LogP contribution >= 0.6 is 0 Å². The highest BCUT2D eigenvalue weighted by molar-refractivity contribution is 6.15. The number of carbonyl (C=O) groups is 4. The Balaban J connectivity index is 1.88.